The molecule has 0 amide bonds. The number of rotatable bonds is 8. The lowest BCUT2D eigenvalue weighted by atomic mass is 9.98. The van der Waals surface area contributed by atoms with Crippen LogP contribution in [0.2, 0.25) is 0 Å². The number of allylic oxidation sites excluding steroid dienone is 4. The van der Waals surface area contributed by atoms with E-state index in [-0.39, 0.29) is 0 Å². The maximum absolute atomic E-state index is 3.95. The van der Waals surface area contributed by atoms with Gasteiger partial charge in [-0.15, -0.1) is 13.2 Å². The molecule has 0 aliphatic rings. The fraction of sp³-hybridized carbons (Fsp3) is 0.263. The van der Waals surface area contributed by atoms with E-state index < -0.39 is 0 Å². The Morgan fingerprint density at radius 3 is 2.40 bits per heavy atom. The molecule has 0 bridgehead atoms. The summed E-state index contributed by atoms with van der Waals surface area (Å²) in [5.41, 5.74) is 5.01. The van der Waals surface area contributed by atoms with E-state index in [9.17, 15) is 0 Å². The SMILES string of the molecule is C=C/C=C\c1c(CC=C)c(CC(C)C=C)n(C)c1C=C. The zero-order valence-corrected chi connectivity index (χ0v) is 12.7. The van der Waals surface area contributed by atoms with E-state index in [2.05, 4.69) is 50.9 Å². The molecule has 1 aromatic heterocycles. The second kappa shape index (κ2) is 7.54. The highest BCUT2D eigenvalue weighted by atomic mass is 15.0. The van der Waals surface area contributed by atoms with Gasteiger partial charge in [0.25, 0.3) is 0 Å². The van der Waals surface area contributed by atoms with E-state index in [1.807, 2.05) is 24.3 Å². The van der Waals surface area contributed by atoms with Crippen LogP contribution < -0.4 is 0 Å². The summed E-state index contributed by atoms with van der Waals surface area (Å²) in [4.78, 5) is 0. The Balaban J connectivity index is 3.47. The molecule has 1 aromatic rings. The Hall–Kier alpha value is -2.02. The van der Waals surface area contributed by atoms with Crippen molar-refractivity contribution < 1.29 is 0 Å². The maximum atomic E-state index is 3.95. The lowest BCUT2D eigenvalue weighted by Gasteiger charge is -2.10. The van der Waals surface area contributed by atoms with Crippen LogP contribution >= 0.6 is 0 Å². The monoisotopic (exact) mass is 267 g/mol. The lowest BCUT2D eigenvalue weighted by molar-refractivity contribution is 0.670. The highest BCUT2D eigenvalue weighted by Gasteiger charge is 2.17. The fourth-order valence-electron chi connectivity index (χ4n) is 2.46. The second-order valence-corrected chi connectivity index (χ2v) is 4.99. The Bertz CT molecular complexity index is 541. The normalized spacial score (nSPS) is 12.3. The summed E-state index contributed by atoms with van der Waals surface area (Å²) < 4.78 is 2.23. The van der Waals surface area contributed by atoms with E-state index in [1.165, 1.54) is 16.8 Å². The van der Waals surface area contributed by atoms with Crippen molar-refractivity contribution in [3.05, 3.63) is 73.1 Å². The van der Waals surface area contributed by atoms with Gasteiger partial charge in [0, 0.05) is 24.0 Å². The zero-order chi connectivity index (χ0) is 15.1. The summed E-state index contributed by atoms with van der Waals surface area (Å²) in [6.07, 6.45) is 13.6. The molecule has 0 spiro atoms. The van der Waals surface area contributed by atoms with Crippen LogP contribution in [0.5, 0.6) is 0 Å². The van der Waals surface area contributed by atoms with Crippen molar-refractivity contribution in [2.45, 2.75) is 19.8 Å². The molecule has 1 heteroatoms. The lowest BCUT2D eigenvalue weighted by Crippen LogP contribution is -2.05. The minimum Gasteiger partial charge on any atom is -0.347 e. The Kier molecular flexibility index (Phi) is 6.05. The first-order valence-corrected chi connectivity index (χ1v) is 6.96. The molecule has 20 heavy (non-hydrogen) atoms. The molecule has 0 fully saturated rings. The van der Waals surface area contributed by atoms with Crippen LogP contribution in [-0.4, -0.2) is 4.57 Å². The van der Waals surface area contributed by atoms with Crippen molar-refractivity contribution >= 4 is 12.2 Å². The quantitative estimate of drug-likeness (QED) is 0.463. The molecule has 0 saturated heterocycles. The standard InChI is InChI=1S/C19H25N/c1-7-11-13-17-16(12-8-2)19(14-15(5)9-3)20(6)18(17)10-4/h7-11,13,15H,1-4,12,14H2,5-6H3/b13-11-. The van der Waals surface area contributed by atoms with Gasteiger partial charge in [-0.3, -0.25) is 0 Å². The van der Waals surface area contributed by atoms with Gasteiger partial charge in [0.15, 0.2) is 0 Å². The van der Waals surface area contributed by atoms with E-state index >= 15 is 0 Å². The van der Waals surface area contributed by atoms with Crippen LogP contribution in [0.1, 0.15) is 29.4 Å². The molecule has 106 valence electrons. The van der Waals surface area contributed by atoms with Gasteiger partial charge >= 0.3 is 0 Å². The Morgan fingerprint density at radius 2 is 1.90 bits per heavy atom. The van der Waals surface area contributed by atoms with Crippen LogP contribution in [0.4, 0.5) is 0 Å². The van der Waals surface area contributed by atoms with Gasteiger partial charge in [-0.05, 0) is 30.4 Å². The molecule has 1 heterocycles. The van der Waals surface area contributed by atoms with E-state index in [0.717, 1.165) is 18.5 Å². The molecule has 0 aromatic carbocycles. The number of hydrogen-bond acceptors (Lipinski definition) is 0. The predicted octanol–water partition coefficient (Wildman–Crippen LogP) is 4.96. The highest BCUT2D eigenvalue weighted by molar-refractivity contribution is 5.68. The fourth-order valence-corrected chi connectivity index (χ4v) is 2.46. The summed E-state index contributed by atoms with van der Waals surface area (Å²) in [7, 11) is 2.10. The van der Waals surface area contributed by atoms with Gasteiger partial charge < -0.3 is 4.57 Å². The third-order valence-corrected chi connectivity index (χ3v) is 3.57. The molecule has 0 aliphatic heterocycles. The third-order valence-electron chi connectivity index (χ3n) is 3.57. The first kappa shape index (κ1) is 16.0. The van der Waals surface area contributed by atoms with E-state index in [1.54, 1.807) is 6.08 Å². The largest absolute Gasteiger partial charge is 0.347 e. The smallest absolute Gasteiger partial charge is 0.0476 e. The molecule has 0 aliphatic carbocycles. The second-order valence-electron chi connectivity index (χ2n) is 4.99. The van der Waals surface area contributed by atoms with Gasteiger partial charge in [-0.1, -0.05) is 50.5 Å². The highest BCUT2D eigenvalue weighted by Crippen LogP contribution is 2.28. The Labute approximate surface area is 123 Å². The summed E-state index contributed by atoms with van der Waals surface area (Å²) in [6, 6.07) is 0. The van der Waals surface area contributed by atoms with E-state index in [4.69, 9.17) is 0 Å². The van der Waals surface area contributed by atoms with Gasteiger partial charge in [0.1, 0.15) is 0 Å². The van der Waals surface area contributed by atoms with Crippen molar-refractivity contribution in [3.8, 4) is 0 Å². The molecular weight excluding hydrogens is 242 g/mol. The summed E-state index contributed by atoms with van der Waals surface area (Å²) in [5.74, 6) is 0.445. The Morgan fingerprint density at radius 1 is 1.20 bits per heavy atom. The summed E-state index contributed by atoms with van der Waals surface area (Å²) >= 11 is 0. The number of hydrogen-bond donors (Lipinski definition) is 0. The van der Waals surface area contributed by atoms with Gasteiger partial charge in [-0.2, -0.15) is 0 Å². The first-order chi connectivity index (χ1) is 9.60. The molecule has 0 radical (unpaired) electrons. The summed E-state index contributed by atoms with van der Waals surface area (Å²) in [6.45, 7) is 17.6. The van der Waals surface area contributed by atoms with E-state index in [0.29, 0.717) is 5.92 Å². The first-order valence-electron chi connectivity index (χ1n) is 6.96. The molecule has 1 nitrogen and oxygen atoms in total. The third kappa shape index (κ3) is 3.30. The van der Waals surface area contributed by atoms with Crippen LogP contribution in [0.15, 0.2) is 50.6 Å². The maximum Gasteiger partial charge on any atom is 0.0476 e. The average Bonchev–Trinajstić information content (AvgIpc) is 2.69. The van der Waals surface area contributed by atoms with Crippen molar-refractivity contribution in [2.75, 3.05) is 0 Å². The van der Waals surface area contributed by atoms with Crippen molar-refractivity contribution in [1.29, 1.82) is 0 Å². The molecule has 0 N–H and O–H groups in total. The molecule has 1 unspecified atom stereocenters. The topological polar surface area (TPSA) is 4.93 Å². The van der Waals surface area contributed by atoms with Gasteiger partial charge in [0.05, 0.1) is 0 Å². The summed E-state index contributed by atoms with van der Waals surface area (Å²) in [5, 5.41) is 0. The molecule has 1 atom stereocenters. The van der Waals surface area contributed by atoms with Crippen molar-refractivity contribution in [1.82, 2.24) is 4.57 Å². The zero-order valence-electron chi connectivity index (χ0n) is 12.7. The van der Waals surface area contributed by atoms with Crippen LogP contribution in [0, 0.1) is 5.92 Å². The van der Waals surface area contributed by atoms with Crippen molar-refractivity contribution in [2.24, 2.45) is 13.0 Å². The van der Waals surface area contributed by atoms with Crippen LogP contribution in [0.3, 0.4) is 0 Å². The van der Waals surface area contributed by atoms with Crippen molar-refractivity contribution in [3.63, 3.8) is 0 Å². The van der Waals surface area contributed by atoms with Gasteiger partial charge in [0.2, 0.25) is 0 Å². The van der Waals surface area contributed by atoms with Crippen LogP contribution in [0.25, 0.3) is 12.2 Å². The molecule has 1 rings (SSSR count). The van der Waals surface area contributed by atoms with Gasteiger partial charge in [-0.25, -0.2) is 0 Å². The number of nitrogens with zero attached hydrogens (tertiary/aromatic N) is 1. The average molecular weight is 267 g/mol. The van der Waals surface area contributed by atoms with Crippen LogP contribution in [-0.2, 0) is 19.9 Å². The predicted molar refractivity (Wildman–Crippen MR) is 91.7 cm³/mol. The minimum atomic E-state index is 0.445. The minimum absolute atomic E-state index is 0.445. The number of aromatic nitrogens is 1. The molecule has 0 saturated carbocycles. The molecular formula is C19H25N.